The van der Waals surface area contributed by atoms with Crippen LogP contribution in [0.5, 0.6) is 0 Å². The van der Waals surface area contributed by atoms with Crippen molar-refractivity contribution in [1.29, 1.82) is 0 Å². The molecule has 0 bridgehead atoms. The van der Waals surface area contributed by atoms with Crippen LogP contribution in [0.25, 0.3) is 10.8 Å². The summed E-state index contributed by atoms with van der Waals surface area (Å²) in [7, 11) is 0. The number of hydrogen-bond acceptors (Lipinski definition) is 4. The van der Waals surface area contributed by atoms with E-state index in [1.54, 1.807) is 17.5 Å². The molecule has 4 rings (SSSR count). The molecule has 0 saturated heterocycles. The molecule has 0 atom stereocenters. The van der Waals surface area contributed by atoms with E-state index in [1.807, 2.05) is 6.92 Å². The average molecular weight is 294 g/mol. The Kier molecular flexibility index (Phi) is 2.79. The van der Waals surface area contributed by atoms with E-state index in [9.17, 15) is 0 Å². The van der Waals surface area contributed by atoms with Gasteiger partial charge < -0.3 is 4.42 Å². The van der Waals surface area contributed by atoms with Gasteiger partial charge in [-0.1, -0.05) is 29.8 Å². The molecule has 0 N–H and O–H groups in total. The summed E-state index contributed by atoms with van der Waals surface area (Å²) < 4.78 is 5.62. The Labute approximate surface area is 127 Å². The molecule has 0 radical (unpaired) electrons. The van der Waals surface area contributed by atoms with Crippen LogP contribution in [0.15, 0.2) is 45.9 Å². The van der Waals surface area contributed by atoms with Gasteiger partial charge in [0.25, 0.3) is 0 Å². The number of aryl methyl sites for hydroxylation is 2. The second-order valence-electron chi connectivity index (χ2n) is 5.27. The summed E-state index contributed by atoms with van der Waals surface area (Å²) >= 11 is 1.71. The van der Waals surface area contributed by atoms with Crippen LogP contribution < -0.4 is 0 Å². The highest BCUT2D eigenvalue weighted by Gasteiger charge is 2.22. The SMILES string of the molecule is Cc1ccc(C2=NCc3cc(-c4ncc(C)o4)sc32)cc1. The fourth-order valence-corrected chi connectivity index (χ4v) is 3.63. The number of thiophene rings is 1. The lowest BCUT2D eigenvalue weighted by Gasteiger charge is -2.01. The summed E-state index contributed by atoms with van der Waals surface area (Å²) in [6.45, 7) is 4.76. The van der Waals surface area contributed by atoms with Crippen molar-refractivity contribution in [2.24, 2.45) is 4.99 Å². The van der Waals surface area contributed by atoms with Crippen LogP contribution in [0.2, 0.25) is 0 Å². The summed E-state index contributed by atoms with van der Waals surface area (Å²) in [5.41, 5.74) is 4.79. The van der Waals surface area contributed by atoms with Gasteiger partial charge in [-0.2, -0.15) is 0 Å². The smallest absolute Gasteiger partial charge is 0.236 e. The van der Waals surface area contributed by atoms with Crippen molar-refractivity contribution in [3.8, 4) is 10.8 Å². The Morgan fingerprint density at radius 1 is 1.14 bits per heavy atom. The number of oxazole rings is 1. The normalized spacial score (nSPS) is 13.3. The maximum absolute atomic E-state index is 5.62. The van der Waals surface area contributed by atoms with Crippen molar-refractivity contribution in [1.82, 2.24) is 4.98 Å². The maximum atomic E-state index is 5.62. The highest BCUT2D eigenvalue weighted by molar-refractivity contribution is 7.17. The number of hydrogen-bond donors (Lipinski definition) is 0. The standard InChI is InChI=1S/C17H14N2OS/c1-10-3-5-12(6-4-10)15-16-13(9-18-15)7-14(21-16)17-19-8-11(2)20-17/h3-8H,9H2,1-2H3. The number of aliphatic imine (C=N–C) groups is 1. The average Bonchev–Trinajstić information content (AvgIpc) is 3.14. The van der Waals surface area contributed by atoms with Gasteiger partial charge in [0.1, 0.15) is 5.76 Å². The molecule has 0 fully saturated rings. The maximum Gasteiger partial charge on any atom is 0.236 e. The van der Waals surface area contributed by atoms with Crippen LogP contribution >= 0.6 is 11.3 Å². The first-order chi connectivity index (χ1) is 10.2. The Morgan fingerprint density at radius 2 is 1.95 bits per heavy atom. The largest absolute Gasteiger partial charge is 0.441 e. The van der Waals surface area contributed by atoms with Crippen molar-refractivity contribution in [2.75, 3.05) is 0 Å². The molecular formula is C17H14N2OS. The third-order valence-electron chi connectivity index (χ3n) is 3.59. The molecule has 1 aromatic carbocycles. The van der Waals surface area contributed by atoms with E-state index >= 15 is 0 Å². The zero-order valence-electron chi connectivity index (χ0n) is 11.9. The summed E-state index contributed by atoms with van der Waals surface area (Å²) in [5.74, 6) is 1.54. The molecule has 0 amide bonds. The molecule has 3 nitrogen and oxygen atoms in total. The summed E-state index contributed by atoms with van der Waals surface area (Å²) in [6, 6.07) is 10.7. The van der Waals surface area contributed by atoms with E-state index in [0.717, 1.165) is 22.9 Å². The predicted octanol–water partition coefficient (Wildman–Crippen LogP) is 4.37. The highest BCUT2D eigenvalue weighted by atomic mass is 32.1. The molecule has 3 aromatic rings. The van der Waals surface area contributed by atoms with Crippen molar-refractivity contribution in [3.05, 3.63) is 63.9 Å². The van der Waals surface area contributed by atoms with Crippen LogP contribution in [0.3, 0.4) is 0 Å². The van der Waals surface area contributed by atoms with Crippen molar-refractivity contribution in [3.63, 3.8) is 0 Å². The first-order valence-electron chi connectivity index (χ1n) is 6.88. The second-order valence-corrected chi connectivity index (χ2v) is 6.32. The Bertz CT molecular complexity index is 840. The molecular weight excluding hydrogens is 280 g/mol. The summed E-state index contributed by atoms with van der Waals surface area (Å²) in [5, 5.41) is 0. The van der Waals surface area contributed by atoms with Gasteiger partial charge in [-0.15, -0.1) is 11.3 Å². The Morgan fingerprint density at radius 3 is 2.67 bits per heavy atom. The fourth-order valence-electron chi connectivity index (χ4n) is 2.49. The molecule has 4 heteroatoms. The van der Waals surface area contributed by atoms with E-state index in [4.69, 9.17) is 4.42 Å². The quantitative estimate of drug-likeness (QED) is 0.704. The minimum atomic E-state index is 0.704. The van der Waals surface area contributed by atoms with Crippen molar-refractivity contribution in [2.45, 2.75) is 20.4 Å². The molecule has 21 heavy (non-hydrogen) atoms. The van der Waals surface area contributed by atoms with Gasteiger partial charge in [0.2, 0.25) is 5.89 Å². The molecule has 0 saturated carbocycles. The molecule has 0 unspecified atom stereocenters. The number of benzene rings is 1. The summed E-state index contributed by atoms with van der Waals surface area (Å²) in [6.07, 6.45) is 1.76. The monoisotopic (exact) mass is 294 g/mol. The van der Waals surface area contributed by atoms with Gasteiger partial charge >= 0.3 is 0 Å². The van der Waals surface area contributed by atoms with Gasteiger partial charge in [0.15, 0.2) is 0 Å². The van der Waals surface area contributed by atoms with Crippen LogP contribution in [-0.2, 0) is 6.54 Å². The van der Waals surface area contributed by atoms with E-state index in [0.29, 0.717) is 5.89 Å². The second kappa shape index (κ2) is 4.67. The minimum absolute atomic E-state index is 0.704. The highest BCUT2D eigenvalue weighted by Crippen LogP contribution is 2.36. The Balaban J connectivity index is 1.74. The molecule has 1 aliphatic rings. The van der Waals surface area contributed by atoms with Crippen molar-refractivity contribution >= 4 is 17.0 Å². The predicted molar refractivity (Wildman–Crippen MR) is 85.1 cm³/mol. The van der Waals surface area contributed by atoms with Gasteiger partial charge in [-0.3, -0.25) is 4.99 Å². The minimum Gasteiger partial charge on any atom is -0.441 e. The number of aromatic nitrogens is 1. The fraction of sp³-hybridized carbons (Fsp3) is 0.176. The Hall–Kier alpha value is -2.20. The number of fused-ring (bicyclic) bond motifs is 1. The number of rotatable bonds is 2. The molecule has 0 spiro atoms. The van der Waals surface area contributed by atoms with Gasteiger partial charge in [-0.05, 0) is 25.5 Å². The van der Waals surface area contributed by atoms with Crippen LogP contribution in [0.4, 0.5) is 0 Å². The first kappa shape index (κ1) is 12.5. The van der Waals surface area contributed by atoms with E-state index < -0.39 is 0 Å². The van der Waals surface area contributed by atoms with Crippen LogP contribution in [-0.4, -0.2) is 10.7 Å². The van der Waals surface area contributed by atoms with Crippen LogP contribution in [0.1, 0.15) is 27.3 Å². The summed E-state index contributed by atoms with van der Waals surface area (Å²) in [4.78, 5) is 11.3. The van der Waals surface area contributed by atoms with Gasteiger partial charge in [0.05, 0.1) is 28.2 Å². The third-order valence-corrected chi connectivity index (χ3v) is 4.76. The zero-order valence-corrected chi connectivity index (χ0v) is 12.7. The topological polar surface area (TPSA) is 38.4 Å². The van der Waals surface area contributed by atoms with Crippen molar-refractivity contribution < 1.29 is 4.42 Å². The van der Waals surface area contributed by atoms with E-state index in [1.165, 1.54) is 21.6 Å². The van der Waals surface area contributed by atoms with E-state index in [2.05, 4.69) is 47.2 Å². The van der Waals surface area contributed by atoms with Crippen LogP contribution in [0, 0.1) is 13.8 Å². The first-order valence-corrected chi connectivity index (χ1v) is 7.70. The van der Waals surface area contributed by atoms with Gasteiger partial charge in [0, 0.05) is 5.56 Å². The van der Waals surface area contributed by atoms with E-state index in [-0.39, 0.29) is 0 Å². The molecule has 1 aliphatic heterocycles. The van der Waals surface area contributed by atoms with Gasteiger partial charge in [-0.25, -0.2) is 4.98 Å². The lowest BCUT2D eigenvalue weighted by Crippen LogP contribution is -1.97. The zero-order chi connectivity index (χ0) is 14.4. The molecule has 2 aromatic heterocycles. The molecule has 104 valence electrons. The number of nitrogens with zero attached hydrogens (tertiary/aromatic N) is 2. The lowest BCUT2D eigenvalue weighted by atomic mass is 10.1. The third kappa shape index (κ3) is 2.12. The lowest BCUT2D eigenvalue weighted by molar-refractivity contribution is 0.544. The molecule has 3 heterocycles. The molecule has 0 aliphatic carbocycles.